The van der Waals surface area contributed by atoms with E-state index in [-0.39, 0.29) is 6.61 Å². The van der Waals surface area contributed by atoms with E-state index in [9.17, 15) is 0 Å². The summed E-state index contributed by atoms with van der Waals surface area (Å²) < 4.78 is 5.65. The van der Waals surface area contributed by atoms with Crippen molar-refractivity contribution in [2.45, 2.75) is 50.9 Å². The minimum Gasteiger partial charge on any atom is -0.396 e. The minimum absolute atomic E-state index is 0.252. The van der Waals surface area contributed by atoms with E-state index in [2.05, 4.69) is 19.6 Å². The van der Waals surface area contributed by atoms with Crippen molar-refractivity contribution in [3.8, 4) is 0 Å². The van der Waals surface area contributed by atoms with Crippen LogP contribution in [0, 0.1) is 5.92 Å². The Hall–Kier alpha value is 0.137. The molecule has 0 amide bonds. The molecule has 1 saturated carbocycles. The number of hydrogen-bond donors (Lipinski definition) is 1. The van der Waals surface area contributed by atoms with E-state index >= 15 is 0 Å². The van der Waals surface area contributed by atoms with E-state index in [1.54, 1.807) is 0 Å². The molecule has 0 radical (unpaired) electrons. The SMILES string of the molecule is C[Si](C)(C)C1CCCC1COCCCO. The lowest BCUT2D eigenvalue weighted by atomic mass is 10.1. The number of rotatable bonds is 6. The van der Waals surface area contributed by atoms with Gasteiger partial charge >= 0.3 is 0 Å². The molecule has 0 heterocycles. The second-order valence-electron chi connectivity index (χ2n) is 5.82. The van der Waals surface area contributed by atoms with Crippen molar-refractivity contribution < 1.29 is 9.84 Å². The first-order valence-corrected chi connectivity index (χ1v) is 9.82. The average Bonchev–Trinajstić information content (AvgIpc) is 2.59. The molecule has 1 aliphatic rings. The summed E-state index contributed by atoms with van der Waals surface area (Å²) in [5.74, 6) is 0.801. The van der Waals surface area contributed by atoms with Crippen LogP contribution >= 0.6 is 0 Å². The van der Waals surface area contributed by atoms with Crippen LogP contribution in [0.2, 0.25) is 25.2 Å². The molecular weight excluding hydrogens is 204 g/mol. The zero-order valence-electron chi connectivity index (χ0n) is 10.5. The number of hydrogen-bond acceptors (Lipinski definition) is 2. The van der Waals surface area contributed by atoms with Gasteiger partial charge in [-0.3, -0.25) is 0 Å². The van der Waals surface area contributed by atoms with Crippen LogP contribution in [0.3, 0.4) is 0 Å². The van der Waals surface area contributed by atoms with Gasteiger partial charge in [0.1, 0.15) is 0 Å². The van der Waals surface area contributed by atoms with E-state index in [0.29, 0.717) is 0 Å². The number of aliphatic hydroxyl groups is 1. The molecule has 0 spiro atoms. The number of ether oxygens (including phenoxy) is 1. The topological polar surface area (TPSA) is 29.5 Å². The van der Waals surface area contributed by atoms with Gasteiger partial charge in [-0.1, -0.05) is 32.5 Å². The smallest absolute Gasteiger partial charge is 0.0494 e. The Morgan fingerprint density at radius 1 is 1.27 bits per heavy atom. The minimum atomic E-state index is -0.985. The maximum atomic E-state index is 8.67. The van der Waals surface area contributed by atoms with Crippen LogP contribution in [-0.2, 0) is 4.74 Å². The summed E-state index contributed by atoms with van der Waals surface area (Å²) in [7, 11) is -0.985. The van der Waals surface area contributed by atoms with Crippen molar-refractivity contribution in [1.82, 2.24) is 0 Å². The van der Waals surface area contributed by atoms with Crippen molar-refractivity contribution in [1.29, 1.82) is 0 Å². The van der Waals surface area contributed by atoms with E-state index in [4.69, 9.17) is 9.84 Å². The molecule has 15 heavy (non-hydrogen) atoms. The highest BCUT2D eigenvalue weighted by Gasteiger charge is 2.36. The van der Waals surface area contributed by atoms with E-state index in [1.807, 2.05) is 0 Å². The largest absolute Gasteiger partial charge is 0.396 e. The van der Waals surface area contributed by atoms with Gasteiger partial charge in [0.15, 0.2) is 0 Å². The van der Waals surface area contributed by atoms with Crippen LogP contribution in [0.1, 0.15) is 25.7 Å². The third kappa shape index (κ3) is 4.25. The standard InChI is InChI=1S/C12H26O2Si/c1-15(2,3)12-7-4-6-11(12)10-14-9-5-8-13/h11-13H,4-10H2,1-3H3. The lowest BCUT2D eigenvalue weighted by Crippen LogP contribution is -2.32. The summed E-state index contributed by atoms with van der Waals surface area (Å²) in [6, 6.07) is 0. The Bertz CT molecular complexity index is 177. The second-order valence-corrected chi connectivity index (χ2v) is 11.3. The third-order valence-electron chi connectivity index (χ3n) is 3.55. The van der Waals surface area contributed by atoms with E-state index < -0.39 is 8.07 Å². The highest BCUT2D eigenvalue weighted by Crippen LogP contribution is 2.43. The quantitative estimate of drug-likeness (QED) is 0.561. The van der Waals surface area contributed by atoms with Gasteiger partial charge in [-0.25, -0.2) is 0 Å². The van der Waals surface area contributed by atoms with Crippen LogP contribution in [0.4, 0.5) is 0 Å². The van der Waals surface area contributed by atoms with Gasteiger partial charge in [0, 0.05) is 27.9 Å². The van der Waals surface area contributed by atoms with E-state index in [1.165, 1.54) is 19.3 Å². The van der Waals surface area contributed by atoms with Crippen LogP contribution in [0.25, 0.3) is 0 Å². The molecule has 0 aromatic rings. The third-order valence-corrected chi connectivity index (χ3v) is 6.53. The monoisotopic (exact) mass is 230 g/mol. The van der Waals surface area contributed by atoms with Gasteiger partial charge in [0.2, 0.25) is 0 Å². The number of aliphatic hydroxyl groups excluding tert-OH is 1. The average molecular weight is 230 g/mol. The fourth-order valence-corrected chi connectivity index (χ4v) is 5.53. The van der Waals surface area contributed by atoms with Crippen molar-refractivity contribution in [3.05, 3.63) is 0 Å². The zero-order valence-corrected chi connectivity index (χ0v) is 11.5. The summed E-state index contributed by atoms with van der Waals surface area (Å²) in [5.41, 5.74) is 0.951. The van der Waals surface area contributed by atoms with E-state index in [0.717, 1.165) is 31.1 Å². The Kier molecular flexibility index (Phi) is 5.30. The van der Waals surface area contributed by atoms with Gasteiger partial charge in [0.05, 0.1) is 0 Å². The Labute approximate surface area is 95.0 Å². The molecular formula is C12H26O2Si. The molecule has 1 rings (SSSR count). The van der Waals surface area contributed by atoms with Crippen molar-refractivity contribution >= 4 is 8.07 Å². The van der Waals surface area contributed by atoms with Crippen LogP contribution < -0.4 is 0 Å². The summed E-state index contributed by atoms with van der Waals surface area (Å²) >= 11 is 0. The molecule has 2 unspecified atom stereocenters. The lowest BCUT2D eigenvalue weighted by molar-refractivity contribution is 0.0878. The molecule has 0 bridgehead atoms. The Morgan fingerprint density at radius 3 is 2.60 bits per heavy atom. The molecule has 0 aliphatic heterocycles. The molecule has 0 saturated heterocycles. The fraction of sp³-hybridized carbons (Fsp3) is 1.00. The van der Waals surface area contributed by atoms with Crippen molar-refractivity contribution in [3.63, 3.8) is 0 Å². The van der Waals surface area contributed by atoms with Gasteiger partial charge in [-0.05, 0) is 24.3 Å². The summed E-state index contributed by atoms with van der Waals surface area (Å²) in [4.78, 5) is 0. The first-order valence-electron chi connectivity index (χ1n) is 6.24. The molecule has 2 nitrogen and oxygen atoms in total. The predicted molar refractivity (Wildman–Crippen MR) is 67.0 cm³/mol. The maximum Gasteiger partial charge on any atom is 0.0494 e. The summed E-state index contributed by atoms with van der Waals surface area (Å²) in [6.45, 7) is 9.33. The van der Waals surface area contributed by atoms with Crippen molar-refractivity contribution in [2.24, 2.45) is 5.92 Å². The molecule has 1 aliphatic carbocycles. The van der Waals surface area contributed by atoms with Gasteiger partial charge in [-0.15, -0.1) is 0 Å². The molecule has 1 fully saturated rings. The normalized spacial score (nSPS) is 27.2. The fourth-order valence-electron chi connectivity index (χ4n) is 2.78. The zero-order chi connectivity index (χ0) is 11.3. The molecule has 1 N–H and O–H groups in total. The molecule has 90 valence electrons. The van der Waals surface area contributed by atoms with Crippen LogP contribution in [0.15, 0.2) is 0 Å². The van der Waals surface area contributed by atoms with Crippen LogP contribution in [-0.4, -0.2) is 33.0 Å². The predicted octanol–water partition coefficient (Wildman–Crippen LogP) is 2.89. The molecule has 2 atom stereocenters. The van der Waals surface area contributed by atoms with Crippen molar-refractivity contribution in [2.75, 3.05) is 19.8 Å². The highest BCUT2D eigenvalue weighted by molar-refractivity contribution is 6.77. The first-order chi connectivity index (χ1) is 7.05. The lowest BCUT2D eigenvalue weighted by Gasteiger charge is -2.30. The first kappa shape index (κ1) is 13.2. The van der Waals surface area contributed by atoms with Crippen LogP contribution in [0.5, 0.6) is 0 Å². The van der Waals surface area contributed by atoms with Gasteiger partial charge < -0.3 is 9.84 Å². The Morgan fingerprint density at radius 2 is 2.00 bits per heavy atom. The maximum absolute atomic E-state index is 8.67. The Balaban J connectivity index is 2.28. The molecule has 0 aromatic heterocycles. The molecule has 0 aromatic carbocycles. The summed E-state index contributed by atoms with van der Waals surface area (Å²) in [5, 5.41) is 8.67. The van der Waals surface area contributed by atoms with Gasteiger partial charge in [0.25, 0.3) is 0 Å². The highest BCUT2D eigenvalue weighted by atomic mass is 28.3. The van der Waals surface area contributed by atoms with Gasteiger partial charge in [-0.2, -0.15) is 0 Å². The summed E-state index contributed by atoms with van der Waals surface area (Å²) in [6.07, 6.45) is 4.95. The second kappa shape index (κ2) is 6.02. The molecule has 3 heteroatoms.